The van der Waals surface area contributed by atoms with Gasteiger partial charge in [0.15, 0.2) is 4.90 Å². The van der Waals surface area contributed by atoms with Crippen LogP contribution in [0.4, 0.5) is 14.5 Å². The highest BCUT2D eigenvalue weighted by Crippen LogP contribution is 2.23. The molecule has 0 atom stereocenters. The number of hydrogen-bond donors (Lipinski definition) is 3. The zero-order valence-electron chi connectivity index (χ0n) is 10.6. The molecular weight excluding hydrogens is 278 g/mol. The van der Waals surface area contributed by atoms with Crippen LogP contribution in [0, 0.1) is 11.6 Å². The summed E-state index contributed by atoms with van der Waals surface area (Å²) in [6, 6.07) is 1.47. The Morgan fingerprint density at radius 1 is 1.32 bits per heavy atom. The molecule has 0 bridgehead atoms. The molecule has 1 aromatic carbocycles. The maximum Gasteiger partial charge on any atom is 0.246 e. The average molecular weight is 294 g/mol. The molecule has 0 saturated heterocycles. The van der Waals surface area contributed by atoms with E-state index in [4.69, 9.17) is 10.8 Å². The second-order valence-electron chi connectivity index (χ2n) is 4.78. The molecule has 0 heterocycles. The normalized spacial score (nSPS) is 12.7. The lowest BCUT2D eigenvalue weighted by atomic mass is 10.0. The van der Waals surface area contributed by atoms with Gasteiger partial charge in [0.1, 0.15) is 11.6 Å². The highest BCUT2D eigenvalue weighted by molar-refractivity contribution is 7.89. The van der Waals surface area contributed by atoms with Gasteiger partial charge >= 0.3 is 0 Å². The van der Waals surface area contributed by atoms with Gasteiger partial charge in [-0.2, -0.15) is 0 Å². The monoisotopic (exact) mass is 294 g/mol. The molecule has 8 heteroatoms. The van der Waals surface area contributed by atoms with E-state index in [9.17, 15) is 17.2 Å². The Labute approximate surface area is 110 Å². The highest BCUT2D eigenvalue weighted by atomic mass is 32.2. The topological polar surface area (TPSA) is 92.4 Å². The molecule has 0 spiro atoms. The van der Waals surface area contributed by atoms with Gasteiger partial charge in [-0.1, -0.05) is 0 Å². The van der Waals surface area contributed by atoms with E-state index >= 15 is 0 Å². The Morgan fingerprint density at radius 2 is 1.79 bits per heavy atom. The predicted molar refractivity (Wildman–Crippen MR) is 66.9 cm³/mol. The number of aliphatic hydroxyl groups excluding tert-OH is 1. The van der Waals surface area contributed by atoms with Gasteiger partial charge in [-0.3, -0.25) is 0 Å². The first-order valence-electron chi connectivity index (χ1n) is 5.48. The molecule has 19 heavy (non-hydrogen) atoms. The minimum atomic E-state index is -4.38. The zero-order valence-corrected chi connectivity index (χ0v) is 11.4. The molecule has 0 fully saturated rings. The number of nitrogens with two attached hydrogens (primary N) is 1. The molecule has 0 unspecified atom stereocenters. The Kier molecular flexibility index (Phi) is 4.49. The van der Waals surface area contributed by atoms with Crippen molar-refractivity contribution < 1.29 is 22.3 Å². The van der Waals surface area contributed by atoms with Gasteiger partial charge < -0.3 is 10.8 Å². The van der Waals surface area contributed by atoms with Gasteiger partial charge in [-0.05, 0) is 32.4 Å². The van der Waals surface area contributed by atoms with E-state index in [2.05, 4.69) is 4.72 Å². The number of rotatable bonds is 5. The van der Waals surface area contributed by atoms with Crippen molar-refractivity contribution in [3.8, 4) is 0 Å². The number of hydrogen-bond acceptors (Lipinski definition) is 4. The summed E-state index contributed by atoms with van der Waals surface area (Å²) in [6.07, 6.45) is 0.102. The molecule has 4 N–H and O–H groups in total. The van der Waals surface area contributed by atoms with Crippen LogP contribution < -0.4 is 10.5 Å². The third kappa shape index (κ3) is 3.85. The van der Waals surface area contributed by atoms with Crippen LogP contribution in [0.5, 0.6) is 0 Å². The van der Waals surface area contributed by atoms with Gasteiger partial charge in [0.2, 0.25) is 10.0 Å². The minimum absolute atomic E-state index is 0.102. The fourth-order valence-electron chi connectivity index (χ4n) is 1.58. The van der Waals surface area contributed by atoms with Crippen LogP contribution in [0.3, 0.4) is 0 Å². The van der Waals surface area contributed by atoms with E-state index in [-0.39, 0.29) is 18.7 Å². The van der Waals surface area contributed by atoms with E-state index in [1.807, 2.05) is 0 Å². The molecule has 0 radical (unpaired) electrons. The van der Waals surface area contributed by atoms with Gasteiger partial charge in [0.25, 0.3) is 0 Å². The number of benzene rings is 1. The summed E-state index contributed by atoms with van der Waals surface area (Å²) in [6.45, 7) is 2.73. The van der Waals surface area contributed by atoms with Crippen molar-refractivity contribution in [1.82, 2.24) is 4.72 Å². The quantitative estimate of drug-likeness (QED) is 0.706. The lowest BCUT2D eigenvalue weighted by molar-refractivity contribution is 0.245. The summed E-state index contributed by atoms with van der Waals surface area (Å²) in [5, 5.41) is 8.82. The lowest BCUT2D eigenvalue weighted by Gasteiger charge is -2.25. The summed E-state index contributed by atoms with van der Waals surface area (Å²) < 4.78 is 53.2. The standard InChI is InChI=1S/C11H16F2N2O3S/c1-11(2,3-4-16)15-19(17,18)10-8(12)5-7(14)6-9(10)13/h5-6,15-16H,3-4,14H2,1-2H3. The van der Waals surface area contributed by atoms with Crippen LogP contribution in [0.1, 0.15) is 20.3 Å². The number of halogens is 2. The molecule has 0 aliphatic carbocycles. The first-order chi connectivity index (χ1) is 8.59. The van der Waals surface area contributed by atoms with Crippen molar-refractivity contribution in [2.24, 2.45) is 0 Å². The maximum absolute atomic E-state index is 13.6. The molecule has 0 aromatic heterocycles. The molecule has 0 saturated carbocycles. The average Bonchev–Trinajstić information content (AvgIpc) is 2.11. The van der Waals surface area contributed by atoms with Crippen molar-refractivity contribution >= 4 is 15.7 Å². The van der Waals surface area contributed by atoms with E-state index < -0.39 is 32.1 Å². The third-order valence-electron chi connectivity index (χ3n) is 2.44. The lowest BCUT2D eigenvalue weighted by Crippen LogP contribution is -2.44. The van der Waals surface area contributed by atoms with Crippen LogP contribution in [0.15, 0.2) is 17.0 Å². The zero-order chi connectivity index (χ0) is 14.8. The number of sulfonamides is 1. The molecule has 5 nitrogen and oxygen atoms in total. The van der Waals surface area contributed by atoms with Gasteiger partial charge in [0, 0.05) is 17.8 Å². The van der Waals surface area contributed by atoms with Gasteiger partial charge in [-0.15, -0.1) is 0 Å². The van der Waals surface area contributed by atoms with E-state index in [1.54, 1.807) is 0 Å². The summed E-state index contributed by atoms with van der Waals surface area (Å²) >= 11 is 0. The van der Waals surface area contributed by atoms with Crippen molar-refractivity contribution in [2.45, 2.75) is 30.7 Å². The SMILES string of the molecule is CC(C)(CCO)NS(=O)(=O)c1c(F)cc(N)cc1F. The maximum atomic E-state index is 13.6. The molecular formula is C11H16F2N2O3S. The van der Waals surface area contributed by atoms with Crippen LogP contribution in [-0.2, 0) is 10.0 Å². The predicted octanol–water partition coefficient (Wildman–Crippen LogP) is 0.986. The molecule has 0 amide bonds. The van der Waals surface area contributed by atoms with Crippen LogP contribution in [0.2, 0.25) is 0 Å². The highest BCUT2D eigenvalue weighted by Gasteiger charge is 2.30. The summed E-state index contributed by atoms with van der Waals surface area (Å²) in [4.78, 5) is -1.08. The number of nitrogen functional groups attached to an aromatic ring is 1. The fourth-order valence-corrected chi connectivity index (χ4v) is 3.14. The molecule has 1 aromatic rings. The Hall–Kier alpha value is -1.25. The Bertz CT molecular complexity index is 550. The van der Waals surface area contributed by atoms with Crippen molar-refractivity contribution in [3.05, 3.63) is 23.8 Å². The Morgan fingerprint density at radius 3 is 2.21 bits per heavy atom. The molecule has 108 valence electrons. The third-order valence-corrected chi connectivity index (χ3v) is 4.19. The van der Waals surface area contributed by atoms with Crippen molar-refractivity contribution in [3.63, 3.8) is 0 Å². The second kappa shape index (κ2) is 5.40. The molecule has 0 aliphatic heterocycles. The van der Waals surface area contributed by atoms with E-state index in [0.29, 0.717) is 0 Å². The number of aliphatic hydroxyl groups is 1. The van der Waals surface area contributed by atoms with Crippen LogP contribution >= 0.6 is 0 Å². The van der Waals surface area contributed by atoms with Gasteiger partial charge in [0.05, 0.1) is 0 Å². The van der Waals surface area contributed by atoms with Crippen molar-refractivity contribution in [2.75, 3.05) is 12.3 Å². The van der Waals surface area contributed by atoms with Crippen LogP contribution in [-0.4, -0.2) is 25.7 Å². The van der Waals surface area contributed by atoms with Crippen molar-refractivity contribution in [1.29, 1.82) is 0 Å². The second-order valence-corrected chi connectivity index (χ2v) is 6.40. The first kappa shape index (κ1) is 15.8. The van der Waals surface area contributed by atoms with Gasteiger partial charge in [-0.25, -0.2) is 21.9 Å². The fraction of sp³-hybridized carbons (Fsp3) is 0.455. The summed E-state index contributed by atoms with van der Waals surface area (Å²) in [7, 11) is -4.38. The molecule has 1 rings (SSSR count). The van der Waals surface area contributed by atoms with Crippen LogP contribution in [0.25, 0.3) is 0 Å². The first-order valence-corrected chi connectivity index (χ1v) is 6.97. The number of anilines is 1. The molecule has 0 aliphatic rings. The number of nitrogens with one attached hydrogen (secondary N) is 1. The smallest absolute Gasteiger partial charge is 0.246 e. The minimum Gasteiger partial charge on any atom is -0.399 e. The Balaban J connectivity index is 3.22. The van der Waals surface area contributed by atoms with E-state index in [1.165, 1.54) is 13.8 Å². The summed E-state index contributed by atoms with van der Waals surface area (Å²) in [5.41, 5.74) is 3.98. The summed E-state index contributed by atoms with van der Waals surface area (Å²) in [5.74, 6) is -2.52. The van der Waals surface area contributed by atoms with E-state index in [0.717, 1.165) is 12.1 Å². The largest absolute Gasteiger partial charge is 0.399 e.